The summed E-state index contributed by atoms with van der Waals surface area (Å²) in [6.45, 7) is 0.161. The van der Waals surface area contributed by atoms with Crippen LogP contribution in [0.1, 0.15) is 5.76 Å². The summed E-state index contributed by atoms with van der Waals surface area (Å²) in [5.74, 6) is 0.151. The lowest BCUT2D eigenvalue weighted by Crippen LogP contribution is -2.37. The number of anilines is 1. The van der Waals surface area contributed by atoms with Crippen molar-refractivity contribution in [2.75, 3.05) is 16.4 Å². The summed E-state index contributed by atoms with van der Waals surface area (Å²) in [5, 5.41) is 12.4. The molecule has 3 heterocycles. The molecule has 2 atom stereocenters. The SMILES string of the molecule is N#C/C(=C\N=C1S[C@@H]2CS(=O)(=O)C[C@@H]2N1c1ccccc1)C(=O)NCc1ccco1. The van der Waals surface area contributed by atoms with Crippen LogP contribution in [0.25, 0.3) is 0 Å². The molecule has 1 amide bonds. The van der Waals surface area contributed by atoms with Crippen LogP contribution in [0.4, 0.5) is 5.69 Å². The zero-order valence-corrected chi connectivity index (χ0v) is 17.4. The van der Waals surface area contributed by atoms with Crippen molar-refractivity contribution in [3.8, 4) is 6.07 Å². The summed E-state index contributed by atoms with van der Waals surface area (Å²) in [5.41, 5.74) is 0.676. The molecule has 154 valence electrons. The number of fused-ring (bicyclic) bond motifs is 1. The van der Waals surface area contributed by atoms with Gasteiger partial charge in [0.05, 0.1) is 36.6 Å². The fourth-order valence-corrected chi connectivity index (χ4v) is 7.29. The topological polar surface area (TPSA) is 116 Å². The summed E-state index contributed by atoms with van der Waals surface area (Å²) in [7, 11) is -3.11. The van der Waals surface area contributed by atoms with Crippen LogP contribution in [0.2, 0.25) is 0 Å². The highest BCUT2D eigenvalue weighted by atomic mass is 32.2. The van der Waals surface area contributed by atoms with Crippen molar-refractivity contribution in [1.82, 2.24) is 5.32 Å². The maximum absolute atomic E-state index is 12.3. The Balaban J connectivity index is 1.57. The number of para-hydroxylation sites is 1. The standard InChI is InChI=1S/C20H18N4O4S2/c21-9-14(19(25)22-11-16-7-4-8-28-16)10-23-20-24(15-5-2-1-3-6-15)17-12-30(26,27)13-18(17)29-20/h1-8,10,17-18H,11-13H2,(H,22,25)/b14-10+,23-20?/t17-,18+/m0/s1. The Morgan fingerprint density at radius 1 is 1.30 bits per heavy atom. The quantitative estimate of drug-likeness (QED) is 0.557. The average Bonchev–Trinajstić information content (AvgIpc) is 3.42. The largest absolute Gasteiger partial charge is 0.467 e. The molecule has 1 N–H and O–H groups in total. The molecule has 0 aliphatic carbocycles. The zero-order chi connectivity index (χ0) is 21.1. The van der Waals surface area contributed by atoms with E-state index in [1.807, 2.05) is 41.3 Å². The lowest BCUT2D eigenvalue weighted by atomic mass is 10.2. The first-order valence-electron chi connectivity index (χ1n) is 9.17. The highest BCUT2D eigenvalue weighted by molar-refractivity contribution is 8.16. The molecule has 10 heteroatoms. The van der Waals surface area contributed by atoms with Gasteiger partial charge in [0, 0.05) is 10.9 Å². The lowest BCUT2D eigenvalue weighted by molar-refractivity contribution is -0.117. The smallest absolute Gasteiger partial charge is 0.263 e. The third-order valence-corrected chi connectivity index (χ3v) is 8.00. The Labute approximate surface area is 178 Å². The first kappa shape index (κ1) is 20.3. The normalized spacial score (nSPS) is 23.9. The number of hydrogen-bond donors (Lipinski definition) is 1. The molecule has 2 aliphatic rings. The molecular weight excluding hydrogens is 424 g/mol. The second kappa shape index (κ2) is 8.38. The van der Waals surface area contributed by atoms with Gasteiger partial charge in [-0.1, -0.05) is 30.0 Å². The Morgan fingerprint density at radius 3 is 2.80 bits per heavy atom. The van der Waals surface area contributed by atoms with Crippen LogP contribution in [0.5, 0.6) is 0 Å². The van der Waals surface area contributed by atoms with E-state index in [9.17, 15) is 18.5 Å². The van der Waals surface area contributed by atoms with Crippen LogP contribution in [-0.4, -0.2) is 42.3 Å². The first-order valence-corrected chi connectivity index (χ1v) is 11.9. The van der Waals surface area contributed by atoms with Crippen LogP contribution in [0.3, 0.4) is 0 Å². The van der Waals surface area contributed by atoms with Crippen molar-refractivity contribution in [3.63, 3.8) is 0 Å². The molecule has 2 aromatic rings. The number of benzene rings is 1. The van der Waals surface area contributed by atoms with Crippen molar-refractivity contribution >= 4 is 38.4 Å². The van der Waals surface area contributed by atoms with Crippen molar-refractivity contribution in [2.24, 2.45) is 4.99 Å². The van der Waals surface area contributed by atoms with E-state index in [1.165, 1.54) is 24.2 Å². The number of amides is 1. The molecule has 2 aliphatic heterocycles. The number of nitrogens with one attached hydrogen (secondary N) is 1. The predicted molar refractivity (Wildman–Crippen MR) is 114 cm³/mol. The van der Waals surface area contributed by atoms with Gasteiger partial charge >= 0.3 is 0 Å². The Hall–Kier alpha value is -3.03. The Bertz CT molecular complexity index is 1140. The number of aliphatic imine (C=N–C) groups is 1. The van der Waals surface area contributed by atoms with Gasteiger partial charge in [-0.3, -0.25) is 4.79 Å². The van der Waals surface area contributed by atoms with E-state index in [2.05, 4.69) is 10.3 Å². The number of nitrogens with zero attached hydrogens (tertiary/aromatic N) is 3. The van der Waals surface area contributed by atoms with Gasteiger partial charge in [0.15, 0.2) is 15.0 Å². The minimum absolute atomic E-state index is 0.0526. The second-order valence-electron chi connectivity index (χ2n) is 6.83. The van der Waals surface area contributed by atoms with Gasteiger partial charge in [0.25, 0.3) is 5.91 Å². The van der Waals surface area contributed by atoms with Crippen molar-refractivity contribution in [2.45, 2.75) is 17.8 Å². The number of thioether (sulfide) groups is 1. The van der Waals surface area contributed by atoms with E-state index in [-0.39, 0.29) is 34.9 Å². The first-order chi connectivity index (χ1) is 14.5. The van der Waals surface area contributed by atoms with Crippen LogP contribution < -0.4 is 10.2 Å². The number of sulfone groups is 1. The third-order valence-electron chi connectivity index (χ3n) is 4.77. The van der Waals surface area contributed by atoms with E-state index >= 15 is 0 Å². The molecule has 0 bridgehead atoms. The number of furan rings is 1. The van der Waals surface area contributed by atoms with Crippen LogP contribution in [0, 0.1) is 11.3 Å². The number of hydrogen-bond acceptors (Lipinski definition) is 7. The maximum Gasteiger partial charge on any atom is 0.263 e. The van der Waals surface area contributed by atoms with E-state index in [0.29, 0.717) is 10.9 Å². The minimum atomic E-state index is -3.11. The van der Waals surface area contributed by atoms with Crippen LogP contribution >= 0.6 is 11.8 Å². The van der Waals surface area contributed by atoms with Gasteiger partial charge in [-0.05, 0) is 24.3 Å². The fraction of sp³-hybridized carbons (Fsp3) is 0.250. The lowest BCUT2D eigenvalue weighted by Gasteiger charge is -2.24. The van der Waals surface area contributed by atoms with Gasteiger partial charge in [-0.2, -0.15) is 5.26 Å². The highest BCUT2D eigenvalue weighted by Crippen LogP contribution is 2.40. The van der Waals surface area contributed by atoms with E-state index in [1.54, 1.807) is 12.1 Å². The van der Waals surface area contributed by atoms with Crippen molar-refractivity contribution in [3.05, 3.63) is 66.3 Å². The van der Waals surface area contributed by atoms with Gasteiger partial charge in [-0.15, -0.1) is 0 Å². The Morgan fingerprint density at radius 2 is 2.10 bits per heavy atom. The van der Waals surface area contributed by atoms with E-state index in [4.69, 9.17) is 4.42 Å². The minimum Gasteiger partial charge on any atom is -0.467 e. The van der Waals surface area contributed by atoms with Crippen molar-refractivity contribution in [1.29, 1.82) is 5.26 Å². The molecule has 8 nitrogen and oxygen atoms in total. The molecule has 4 rings (SSSR count). The molecule has 0 radical (unpaired) electrons. The molecule has 2 saturated heterocycles. The maximum atomic E-state index is 12.3. The summed E-state index contributed by atoms with van der Waals surface area (Å²) in [6.07, 6.45) is 2.73. The number of amidine groups is 1. The summed E-state index contributed by atoms with van der Waals surface area (Å²) in [6, 6.07) is 14.4. The van der Waals surface area contributed by atoms with Gasteiger partial charge in [-0.25, -0.2) is 13.4 Å². The molecule has 0 saturated carbocycles. The van der Waals surface area contributed by atoms with Gasteiger partial charge < -0.3 is 14.6 Å². The van der Waals surface area contributed by atoms with Gasteiger partial charge in [0.2, 0.25) is 0 Å². The highest BCUT2D eigenvalue weighted by Gasteiger charge is 2.49. The summed E-state index contributed by atoms with van der Waals surface area (Å²) >= 11 is 1.36. The summed E-state index contributed by atoms with van der Waals surface area (Å²) in [4.78, 5) is 18.6. The number of nitriles is 1. The fourth-order valence-electron chi connectivity index (χ4n) is 3.40. The van der Waals surface area contributed by atoms with Crippen molar-refractivity contribution < 1.29 is 17.6 Å². The van der Waals surface area contributed by atoms with E-state index in [0.717, 1.165) is 5.69 Å². The third kappa shape index (κ3) is 4.27. The van der Waals surface area contributed by atoms with Crippen LogP contribution in [0.15, 0.2) is 69.9 Å². The molecule has 0 unspecified atom stereocenters. The molecular formula is C20H18N4O4S2. The van der Waals surface area contributed by atoms with Crippen LogP contribution in [-0.2, 0) is 21.2 Å². The number of carbonyl (C=O) groups is 1. The molecule has 1 aromatic carbocycles. The zero-order valence-electron chi connectivity index (χ0n) is 15.8. The average molecular weight is 443 g/mol. The molecule has 1 aromatic heterocycles. The number of carbonyl (C=O) groups excluding carboxylic acids is 1. The predicted octanol–water partition coefficient (Wildman–Crippen LogP) is 2.08. The monoisotopic (exact) mass is 442 g/mol. The van der Waals surface area contributed by atoms with E-state index < -0.39 is 15.7 Å². The molecule has 0 spiro atoms. The molecule has 2 fully saturated rings. The van der Waals surface area contributed by atoms with Gasteiger partial charge in [0.1, 0.15) is 17.4 Å². The number of rotatable bonds is 5. The molecule has 30 heavy (non-hydrogen) atoms. The Kier molecular flexibility index (Phi) is 5.65. The second-order valence-corrected chi connectivity index (χ2v) is 10.2. The summed E-state index contributed by atoms with van der Waals surface area (Å²) < 4.78 is 29.4.